The molecule has 2 aromatic carbocycles. The highest BCUT2D eigenvalue weighted by molar-refractivity contribution is 5.91. The van der Waals surface area contributed by atoms with E-state index in [9.17, 15) is 0 Å². The minimum absolute atomic E-state index is 0.620. The SMILES string of the molecule is COc1cc(OC)c2nc(-c3cc4c(c(OC)c3)OCCNC4)cc(C)c2c1. The average Bonchev–Trinajstić information content (AvgIpc) is 2.97. The van der Waals surface area contributed by atoms with Gasteiger partial charge in [-0.1, -0.05) is 0 Å². The number of nitrogens with zero attached hydrogens (tertiary/aromatic N) is 1. The number of nitrogens with one attached hydrogen (secondary N) is 1. The van der Waals surface area contributed by atoms with Crippen molar-refractivity contribution in [3.63, 3.8) is 0 Å². The van der Waals surface area contributed by atoms with E-state index in [1.807, 2.05) is 18.2 Å². The van der Waals surface area contributed by atoms with Gasteiger partial charge in [0, 0.05) is 35.7 Å². The second-order valence-electron chi connectivity index (χ2n) is 6.74. The van der Waals surface area contributed by atoms with E-state index in [4.69, 9.17) is 23.9 Å². The van der Waals surface area contributed by atoms with E-state index in [2.05, 4.69) is 24.4 Å². The molecule has 4 rings (SSSR count). The average molecular weight is 380 g/mol. The fourth-order valence-electron chi connectivity index (χ4n) is 3.56. The number of methoxy groups -OCH3 is 3. The predicted octanol–water partition coefficient (Wildman–Crippen LogP) is 3.72. The van der Waals surface area contributed by atoms with E-state index < -0.39 is 0 Å². The van der Waals surface area contributed by atoms with E-state index >= 15 is 0 Å². The van der Waals surface area contributed by atoms with Gasteiger partial charge in [-0.15, -0.1) is 0 Å². The van der Waals surface area contributed by atoms with Crippen LogP contribution in [0.4, 0.5) is 0 Å². The quantitative estimate of drug-likeness (QED) is 0.744. The number of fused-ring (bicyclic) bond motifs is 2. The van der Waals surface area contributed by atoms with Gasteiger partial charge < -0.3 is 24.3 Å². The summed E-state index contributed by atoms with van der Waals surface area (Å²) >= 11 is 0. The summed E-state index contributed by atoms with van der Waals surface area (Å²) in [5.41, 5.74) is 4.81. The van der Waals surface area contributed by atoms with Crippen molar-refractivity contribution in [1.29, 1.82) is 0 Å². The van der Waals surface area contributed by atoms with E-state index in [0.29, 0.717) is 12.4 Å². The third-order valence-corrected chi connectivity index (χ3v) is 5.00. The maximum Gasteiger partial charge on any atom is 0.165 e. The molecule has 146 valence electrons. The van der Waals surface area contributed by atoms with E-state index in [-0.39, 0.29) is 0 Å². The molecule has 0 aliphatic carbocycles. The maximum atomic E-state index is 5.88. The number of ether oxygens (including phenoxy) is 4. The standard InChI is InChI=1S/C22H24N2O4/c1-13-7-18(24-21-17(13)10-16(25-2)11-19(21)26-3)14-8-15-12-23-5-6-28-22(15)20(9-14)27-4/h7-11,23H,5-6,12H2,1-4H3. The lowest BCUT2D eigenvalue weighted by Gasteiger charge is -2.15. The van der Waals surface area contributed by atoms with Gasteiger partial charge in [0.25, 0.3) is 0 Å². The van der Waals surface area contributed by atoms with Gasteiger partial charge in [-0.3, -0.25) is 0 Å². The predicted molar refractivity (Wildman–Crippen MR) is 109 cm³/mol. The highest BCUT2D eigenvalue weighted by Gasteiger charge is 2.18. The van der Waals surface area contributed by atoms with Crippen molar-refractivity contribution in [1.82, 2.24) is 10.3 Å². The van der Waals surface area contributed by atoms with Gasteiger partial charge in [-0.05, 0) is 36.8 Å². The third kappa shape index (κ3) is 3.20. The number of aryl methyl sites for hydroxylation is 1. The van der Waals surface area contributed by atoms with Gasteiger partial charge in [-0.2, -0.15) is 0 Å². The Labute approximate surface area is 164 Å². The van der Waals surface area contributed by atoms with Gasteiger partial charge in [-0.25, -0.2) is 4.98 Å². The van der Waals surface area contributed by atoms with E-state index in [1.54, 1.807) is 21.3 Å². The first-order chi connectivity index (χ1) is 13.6. The van der Waals surface area contributed by atoms with Crippen LogP contribution in [0.15, 0.2) is 30.3 Å². The summed E-state index contributed by atoms with van der Waals surface area (Å²) < 4.78 is 22.4. The number of benzene rings is 2. The van der Waals surface area contributed by atoms with Crippen molar-refractivity contribution in [2.24, 2.45) is 0 Å². The fourth-order valence-corrected chi connectivity index (χ4v) is 3.56. The van der Waals surface area contributed by atoms with Crippen LogP contribution in [-0.2, 0) is 6.54 Å². The summed E-state index contributed by atoms with van der Waals surface area (Å²) in [4.78, 5) is 4.90. The molecule has 0 atom stereocenters. The van der Waals surface area contributed by atoms with Crippen LogP contribution < -0.4 is 24.3 Å². The molecule has 1 aromatic heterocycles. The molecule has 0 fully saturated rings. The summed E-state index contributed by atoms with van der Waals surface area (Å²) in [6.45, 7) is 4.22. The van der Waals surface area contributed by atoms with Crippen LogP contribution in [-0.4, -0.2) is 39.5 Å². The molecule has 0 saturated carbocycles. The first-order valence-electron chi connectivity index (χ1n) is 9.22. The van der Waals surface area contributed by atoms with Crippen LogP contribution in [0.3, 0.4) is 0 Å². The summed E-state index contributed by atoms with van der Waals surface area (Å²) in [6.07, 6.45) is 0. The summed E-state index contributed by atoms with van der Waals surface area (Å²) in [5.74, 6) is 2.96. The van der Waals surface area contributed by atoms with Gasteiger partial charge in [0.05, 0.1) is 27.0 Å². The fraction of sp³-hybridized carbons (Fsp3) is 0.318. The first-order valence-corrected chi connectivity index (χ1v) is 9.22. The Kier molecular flexibility index (Phi) is 4.96. The van der Waals surface area contributed by atoms with Crippen molar-refractivity contribution < 1.29 is 18.9 Å². The molecule has 0 unspecified atom stereocenters. The molecule has 6 heteroatoms. The van der Waals surface area contributed by atoms with Gasteiger partial charge >= 0.3 is 0 Å². The largest absolute Gasteiger partial charge is 0.497 e. The van der Waals surface area contributed by atoms with E-state index in [1.165, 1.54) is 0 Å². The van der Waals surface area contributed by atoms with E-state index in [0.717, 1.165) is 63.6 Å². The van der Waals surface area contributed by atoms with Gasteiger partial charge in [0.1, 0.15) is 23.6 Å². The maximum absolute atomic E-state index is 5.88. The first kappa shape index (κ1) is 18.4. The monoisotopic (exact) mass is 380 g/mol. The van der Waals surface area contributed by atoms with Crippen LogP contribution in [0.25, 0.3) is 22.2 Å². The molecule has 0 spiro atoms. The number of pyridine rings is 1. The molecule has 0 saturated heterocycles. The number of hydrogen-bond acceptors (Lipinski definition) is 6. The Hall–Kier alpha value is -2.99. The van der Waals surface area contributed by atoms with Crippen molar-refractivity contribution in [2.45, 2.75) is 13.5 Å². The molecule has 3 aromatic rings. The lowest BCUT2D eigenvalue weighted by Crippen LogP contribution is -2.16. The van der Waals surface area contributed by atoms with Crippen LogP contribution in [0.1, 0.15) is 11.1 Å². The molecule has 1 aliphatic rings. The van der Waals surface area contributed by atoms with Crippen molar-refractivity contribution in [3.05, 3.63) is 41.5 Å². The van der Waals surface area contributed by atoms with Gasteiger partial charge in [0.2, 0.25) is 0 Å². The topological polar surface area (TPSA) is 61.8 Å². The zero-order valence-corrected chi connectivity index (χ0v) is 16.6. The number of rotatable bonds is 4. The molecule has 1 N–H and O–H groups in total. The van der Waals surface area contributed by atoms with Crippen molar-refractivity contribution in [3.8, 4) is 34.3 Å². The molecule has 2 heterocycles. The lowest BCUT2D eigenvalue weighted by atomic mass is 10.0. The van der Waals surface area contributed by atoms with Crippen LogP contribution in [0.2, 0.25) is 0 Å². The molecular weight excluding hydrogens is 356 g/mol. The smallest absolute Gasteiger partial charge is 0.165 e. The van der Waals surface area contributed by atoms with Crippen LogP contribution in [0.5, 0.6) is 23.0 Å². The molecule has 0 bridgehead atoms. The van der Waals surface area contributed by atoms with Crippen molar-refractivity contribution in [2.75, 3.05) is 34.5 Å². The zero-order valence-electron chi connectivity index (χ0n) is 16.6. The summed E-state index contributed by atoms with van der Waals surface area (Å²) in [5, 5.41) is 4.38. The Balaban J connectivity index is 1.91. The molecular formula is C22H24N2O4. The lowest BCUT2D eigenvalue weighted by molar-refractivity contribution is 0.302. The van der Waals surface area contributed by atoms with Gasteiger partial charge in [0.15, 0.2) is 11.5 Å². The highest BCUT2D eigenvalue weighted by Crippen LogP contribution is 2.39. The summed E-state index contributed by atoms with van der Waals surface area (Å²) in [7, 11) is 4.96. The highest BCUT2D eigenvalue weighted by atomic mass is 16.5. The van der Waals surface area contributed by atoms with Crippen LogP contribution >= 0.6 is 0 Å². The minimum Gasteiger partial charge on any atom is -0.497 e. The minimum atomic E-state index is 0.620. The molecule has 28 heavy (non-hydrogen) atoms. The second kappa shape index (κ2) is 7.56. The third-order valence-electron chi connectivity index (χ3n) is 5.00. The number of aromatic nitrogens is 1. The molecule has 1 aliphatic heterocycles. The Morgan fingerprint density at radius 2 is 1.79 bits per heavy atom. The Morgan fingerprint density at radius 3 is 2.54 bits per heavy atom. The Morgan fingerprint density at radius 1 is 0.964 bits per heavy atom. The molecule has 0 amide bonds. The number of hydrogen-bond donors (Lipinski definition) is 1. The zero-order chi connectivity index (χ0) is 19.7. The second-order valence-corrected chi connectivity index (χ2v) is 6.74. The molecule has 6 nitrogen and oxygen atoms in total. The summed E-state index contributed by atoms with van der Waals surface area (Å²) in [6, 6.07) is 10.0. The van der Waals surface area contributed by atoms with Crippen LogP contribution in [0, 0.1) is 6.92 Å². The Bertz CT molecular complexity index is 1030. The normalized spacial score (nSPS) is 13.4. The molecule has 0 radical (unpaired) electrons. The van der Waals surface area contributed by atoms with Crippen molar-refractivity contribution >= 4 is 10.9 Å².